The van der Waals surface area contributed by atoms with Crippen LogP contribution in [0.4, 0.5) is 10.5 Å². The van der Waals surface area contributed by atoms with Gasteiger partial charge in [0.25, 0.3) is 5.91 Å². The van der Waals surface area contributed by atoms with E-state index in [9.17, 15) is 14.4 Å². The molecule has 1 aliphatic rings. The third kappa shape index (κ3) is 9.01. The van der Waals surface area contributed by atoms with Gasteiger partial charge in [0.15, 0.2) is 12.4 Å². The van der Waals surface area contributed by atoms with Crippen LogP contribution in [0, 0.1) is 0 Å². The number of halogens is 2. The summed E-state index contributed by atoms with van der Waals surface area (Å²) in [4.78, 5) is 40.3. The Bertz CT molecular complexity index is 1360. The average Bonchev–Trinajstić information content (AvgIpc) is 2.98. The van der Waals surface area contributed by atoms with Gasteiger partial charge in [0.05, 0.1) is 17.6 Å². The van der Waals surface area contributed by atoms with Crippen molar-refractivity contribution in [3.05, 3.63) is 94.2 Å². The molecule has 0 aliphatic carbocycles. The van der Waals surface area contributed by atoms with Gasteiger partial charge in [-0.15, -0.1) is 0 Å². The second-order valence-corrected chi connectivity index (χ2v) is 10.8. The normalized spacial score (nSPS) is 14.5. The molecule has 2 unspecified atom stereocenters. The van der Waals surface area contributed by atoms with Crippen LogP contribution in [0.15, 0.2) is 77.5 Å². The first-order valence-corrected chi connectivity index (χ1v) is 14.6. The summed E-state index contributed by atoms with van der Waals surface area (Å²) in [5.41, 5.74) is 3.27. The third-order valence-corrected chi connectivity index (χ3v) is 7.11. The molecule has 224 valence electrons. The Kier molecular flexibility index (Phi) is 12.8. The molecule has 0 bridgehead atoms. The average molecular weight is 660 g/mol. The molecule has 0 spiro atoms. The number of aromatic nitrogens is 1. The Morgan fingerprint density at radius 3 is 2.62 bits per heavy atom. The lowest BCUT2D eigenvalue weighted by atomic mass is 9.94. The minimum absolute atomic E-state index is 0. The quantitative estimate of drug-likeness (QED) is 0.238. The van der Waals surface area contributed by atoms with Crippen LogP contribution >= 0.6 is 15.9 Å². The number of nitrogens with one attached hydrogen (secondary N) is 2. The number of nitrogens with zero attached hydrogens (tertiary/aromatic N) is 2. The molecule has 1 aliphatic heterocycles. The third-order valence-electron chi connectivity index (χ3n) is 6.67. The summed E-state index contributed by atoms with van der Waals surface area (Å²) in [7, 11) is 0. The van der Waals surface area contributed by atoms with Gasteiger partial charge >= 0.3 is 12.1 Å². The highest BCUT2D eigenvalue weighted by Crippen LogP contribution is 2.24. The van der Waals surface area contributed by atoms with Crippen molar-refractivity contribution in [3.8, 4) is 0 Å². The van der Waals surface area contributed by atoms with Crippen LogP contribution in [0.25, 0.3) is 0 Å². The highest BCUT2D eigenvalue weighted by Gasteiger charge is 2.28. The van der Waals surface area contributed by atoms with Gasteiger partial charge in [0.2, 0.25) is 0 Å². The molecule has 11 heteroatoms. The van der Waals surface area contributed by atoms with E-state index in [-0.39, 0.29) is 44.0 Å². The van der Waals surface area contributed by atoms with Gasteiger partial charge in [-0.25, -0.2) is 14.2 Å². The lowest BCUT2D eigenvalue weighted by Gasteiger charge is -2.26. The second kappa shape index (κ2) is 16.2. The number of carbonyl (C=O) groups is 3. The number of hydrogen-bond donors (Lipinski definition) is 2. The summed E-state index contributed by atoms with van der Waals surface area (Å²) in [5, 5.41) is 5.85. The van der Waals surface area contributed by atoms with E-state index in [1.165, 1.54) is 0 Å². The van der Waals surface area contributed by atoms with Crippen LogP contribution in [0.3, 0.4) is 0 Å². The standard InChI is InChI=1S/C31H35BrN4O5.ClH/c1-3-15-35-20-24(18-25(32)21-35)29(37)36(26-10-5-4-6-11-26)16-17-40-31(39)34-19-22(2)41-30(38)28-27-12-8-7-9-23(27)13-14-33-28;/h4-12,18,20-22,28,33H,3,13-17,19H2,1-2H3;1H. The zero-order chi connectivity index (χ0) is 29.2. The van der Waals surface area contributed by atoms with Crippen LogP contribution in [-0.2, 0) is 27.2 Å². The molecular formula is C31H36BrClN4O5. The number of esters is 1. The van der Waals surface area contributed by atoms with Gasteiger partial charge < -0.3 is 37.4 Å². The Morgan fingerprint density at radius 2 is 1.86 bits per heavy atom. The summed E-state index contributed by atoms with van der Waals surface area (Å²) in [6, 6.07) is 18.3. The number of carbonyl (C=O) groups excluding carboxylic acids is 3. The predicted octanol–water partition coefficient (Wildman–Crippen LogP) is 1.34. The number of amides is 2. The fraction of sp³-hybridized carbons (Fsp3) is 0.355. The maximum atomic E-state index is 13.5. The molecule has 2 aromatic carbocycles. The van der Waals surface area contributed by atoms with Crippen molar-refractivity contribution in [2.24, 2.45) is 0 Å². The molecule has 9 nitrogen and oxygen atoms in total. The largest absolute Gasteiger partial charge is 1.00 e. The SMILES string of the molecule is CCC[n+]1cc(Br)cc(C(=O)N(CCOC(=O)NCC(C)OC(=O)C2NCCc3ccccc32)c2ccccc2)c1.[Cl-]. The number of anilines is 1. The summed E-state index contributed by atoms with van der Waals surface area (Å²) in [6.07, 6.45) is 4.34. The Morgan fingerprint density at radius 1 is 1.12 bits per heavy atom. The number of fused-ring (bicyclic) bond motifs is 1. The van der Waals surface area contributed by atoms with Crippen molar-refractivity contribution in [2.45, 2.75) is 45.4 Å². The minimum Gasteiger partial charge on any atom is -1.00 e. The molecule has 4 rings (SSSR count). The van der Waals surface area contributed by atoms with Crippen LogP contribution in [0.1, 0.15) is 47.8 Å². The van der Waals surface area contributed by atoms with E-state index in [0.717, 1.165) is 35.0 Å². The Labute approximate surface area is 261 Å². The first kappa shape index (κ1) is 33.0. The lowest BCUT2D eigenvalue weighted by molar-refractivity contribution is -0.697. The van der Waals surface area contributed by atoms with E-state index < -0.39 is 18.2 Å². The van der Waals surface area contributed by atoms with E-state index in [1.807, 2.05) is 71.6 Å². The smallest absolute Gasteiger partial charge is 0.407 e. The molecule has 2 atom stereocenters. The highest BCUT2D eigenvalue weighted by atomic mass is 79.9. The Hall–Kier alpha value is -3.47. The molecule has 2 heterocycles. The van der Waals surface area contributed by atoms with Gasteiger partial charge in [-0.05, 0) is 58.6 Å². The van der Waals surface area contributed by atoms with Gasteiger partial charge in [0, 0.05) is 18.7 Å². The number of hydrogen-bond acceptors (Lipinski definition) is 6. The minimum atomic E-state index is -0.655. The van der Waals surface area contributed by atoms with E-state index in [2.05, 4.69) is 33.5 Å². The summed E-state index contributed by atoms with van der Waals surface area (Å²) in [5.74, 6) is -0.588. The van der Waals surface area contributed by atoms with Crippen LogP contribution in [0.2, 0.25) is 0 Å². The fourth-order valence-corrected chi connectivity index (χ4v) is 5.25. The van der Waals surface area contributed by atoms with Crippen molar-refractivity contribution in [3.63, 3.8) is 0 Å². The van der Waals surface area contributed by atoms with Crippen LogP contribution in [0.5, 0.6) is 0 Å². The van der Waals surface area contributed by atoms with Crippen molar-refractivity contribution in [1.29, 1.82) is 0 Å². The van der Waals surface area contributed by atoms with Gasteiger partial charge in [0.1, 0.15) is 30.9 Å². The maximum absolute atomic E-state index is 13.5. The van der Waals surface area contributed by atoms with Crippen LogP contribution in [-0.4, -0.2) is 50.3 Å². The number of pyridine rings is 1. The number of rotatable bonds is 11. The molecule has 0 radical (unpaired) electrons. The summed E-state index contributed by atoms with van der Waals surface area (Å²) >= 11 is 3.50. The Balaban J connectivity index is 0.00000484. The van der Waals surface area contributed by atoms with E-state index in [0.29, 0.717) is 17.8 Å². The molecule has 0 fully saturated rings. The first-order valence-electron chi connectivity index (χ1n) is 13.8. The van der Waals surface area contributed by atoms with E-state index in [4.69, 9.17) is 9.47 Å². The molecule has 2 N–H and O–H groups in total. The second-order valence-electron chi connectivity index (χ2n) is 9.87. The summed E-state index contributed by atoms with van der Waals surface area (Å²) < 4.78 is 13.7. The molecule has 0 saturated heterocycles. The molecule has 1 aromatic heterocycles. The zero-order valence-corrected chi connectivity index (χ0v) is 26.1. The maximum Gasteiger partial charge on any atom is 0.407 e. The molecule has 2 amide bonds. The first-order chi connectivity index (χ1) is 19.9. The lowest BCUT2D eigenvalue weighted by Crippen LogP contribution is -3.00. The van der Waals surface area contributed by atoms with Crippen LogP contribution < -0.4 is 32.5 Å². The van der Waals surface area contributed by atoms with Gasteiger partial charge in [-0.3, -0.25) is 4.79 Å². The molecule has 3 aromatic rings. The van der Waals surface area contributed by atoms with Crippen molar-refractivity contribution < 1.29 is 40.8 Å². The van der Waals surface area contributed by atoms with Crippen molar-refractivity contribution in [1.82, 2.24) is 10.6 Å². The number of aryl methyl sites for hydroxylation is 1. The zero-order valence-electron chi connectivity index (χ0n) is 23.7. The van der Waals surface area contributed by atoms with E-state index >= 15 is 0 Å². The predicted molar refractivity (Wildman–Crippen MR) is 159 cm³/mol. The van der Waals surface area contributed by atoms with E-state index in [1.54, 1.807) is 17.9 Å². The fourth-order valence-electron chi connectivity index (χ4n) is 4.74. The van der Waals surface area contributed by atoms with Gasteiger partial charge in [-0.2, -0.15) is 0 Å². The number of alkyl carbamates (subject to hydrolysis) is 1. The topological polar surface area (TPSA) is 101 Å². The highest BCUT2D eigenvalue weighted by molar-refractivity contribution is 9.10. The molecular weight excluding hydrogens is 624 g/mol. The summed E-state index contributed by atoms with van der Waals surface area (Å²) in [6.45, 7) is 5.50. The number of para-hydroxylation sites is 1. The van der Waals surface area contributed by atoms with Crippen molar-refractivity contribution >= 4 is 39.6 Å². The monoisotopic (exact) mass is 658 g/mol. The molecule has 0 saturated carbocycles. The van der Waals surface area contributed by atoms with Gasteiger partial charge in [-0.1, -0.05) is 49.4 Å². The van der Waals surface area contributed by atoms with Crippen molar-refractivity contribution in [2.75, 3.05) is 31.1 Å². The number of ether oxygens (including phenoxy) is 2. The molecule has 42 heavy (non-hydrogen) atoms. The number of benzene rings is 2.